The molecule has 16 heavy (non-hydrogen) atoms. The topological polar surface area (TPSA) is 61.6 Å². The van der Waals surface area contributed by atoms with Crippen LogP contribution < -0.4 is 5.73 Å². The van der Waals surface area contributed by atoms with Gasteiger partial charge in [0.15, 0.2) is 0 Å². The van der Waals surface area contributed by atoms with Crippen LogP contribution in [0.5, 0.6) is 0 Å². The summed E-state index contributed by atoms with van der Waals surface area (Å²) in [6.45, 7) is 1.32. The Morgan fingerprint density at radius 2 is 2.31 bits per heavy atom. The van der Waals surface area contributed by atoms with Crippen LogP contribution >= 0.6 is 11.3 Å². The van der Waals surface area contributed by atoms with Gasteiger partial charge in [-0.05, 0) is 11.4 Å². The van der Waals surface area contributed by atoms with Crippen LogP contribution in [0.2, 0.25) is 0 Å². The Hall–Kier alpha value is -0.910. The first-order chi connectivity index (χ1) is 7.77. The molecule has 1 fully saturated rings. The Bertz CT molecular complexity index is 333. The van der Waals surface area contributed by atoms with E-state index in [0.717, 1.165) is 17.7 Å². The Labute approximate surface area is 98.3 Å². The molecule has 0 bridgehead atoms. The minimum Gasteiger partial charge on any atom is -0.461 e. The molecule has 1 aliphatic heterocycles. The zero-order chi connectivity index (χ0) is 11.4. The molecule has 0 amide bonds. The van der Waals surface area contributed by atoms with E-state index in [0.29, 0.717) is 13.2 Å². The lowest BCUT2D eigenvalue weighted by molar-refractivity contribution is -0.154. The lowest BCUT2D eigenvalue weighted by atomic mass is 10.1. The van der Waals surface area contributed by atoms with Gasteiger partial charge in [0, 0.05) is 17.7 Å². The van der Waals surface area contributed by atoms with Gasteiger partial charge < -0.3 is 15.2 Å². The van der Waals surface area contributed by atoms with E-state index in [-0.39, 0.29) is 12.1 Å². The van der Waals surface area contributed by atoms with Gasteiger partial charge in [-0.15, -0.1) is 11.3 Å². The van der Waals surface area contributed by atoms with Gasteiger partial charge >= 0.3 is 5.97 Å². The molecule has 0 saturated carbocycles. The fourth-order valence-electron chi connectivity index (χ4n) is 1.62. The highest BCUT2D eigenvalue weighted by atomic mass is 32.1. The smallest absolute Gasteiger partial charge is 0.328 e. The van der Waals surface area contributed by atoms with Crippen molar-refractivity contribution >= 4 is 17.3 Å². The number of hydrogen-bond acceptors (Lipinski definition) is 5. The molecule has 1 aromatic rings. The summed E-state index contributed by atoms with van der Waals surface area (Å²) < 4.78 is 10.5. The van der Waals surface area contributed by atoms with Gasteiger partial charge in [-0.3, -0.25) is 0 Å². The number of ether oxygens (including phenoxy) is 2. The lowest BCUT2D eigenvalue weighted by Crippen LogP contribution is -2.31. The maximum absolute atomic E-state index is 11.7. The van der Waals surface area contributed by atoms with Crippen LogP contribution in [-0.4, -0.2) is 25.3 Å². The predicted octanol–water partition coefficient (Wildman–Crippen LogP) is 1.47. The highest BCUT2D eigenvalue weighted by Gasteiger charge is 2.23. The Morgan fingerprint density at radius 1 is 1.56 bits per heavy atom. The maximum atomic E-state index is 11.7. The SMILES string of the molecule is NC(C(=O)OC1CCOCC1)c1cccs1. The standard InChI is InChI=1S/C11H15NO3S/c12-10(9-2-1-7-16-9)11(13)15-8-3-5-14-6-4-8/h1-2,7-8,10H,3-6,12H2. The van der Waals surface area contributed by atoms with Crippen LogP contribution in [0.15, 0.2) is 17.5 Å². The summed E-state index contributed by atoms with van der Waals surface area (Å²) in [4.78, 5) is 12.6. The van der Waals surface area contributed by atoms with Crippen LogP contribution in [-0.2, 0) is 14.3 Å². The van der Waals surface area contributed by atoms with E-state index in [1.807, 2.05) is 17.5 Å². The molecule has 1 unspecified atom stereocenters. The van der Waals surface area contributed by atoms with Crippen molar-refractivity contribution in [1.82, 2.24) is 0 Å². The molecule has 1 saturated heterocycles. The molecule has 5 heteroatoms. The minimum absolute atomic E-state index is 0.0349. The Balaban J connectivity index is 1.87. The van der Waals surface area contributed by atoms with Crippen LogP contribution in [0.1, 0.15) is 23.8 Å². The molecule has 2 N–H and O–H groups in total. The van der Waals surface area contributed by atoms with Gasteiger partial charge in [0.25, 0.3) is 0 Å². The van der Waals surface area contributed by atoms with E-state index >= 15 is 0 Å². The van der Waals surface area contributed by atoms with Crippen molar-refractivity contribution in [1.29, 1.82) is 0 Å². The molecule has 1 aliphatic rings. The molecular formula is C11H15NO3S. The van der Waals surface area contributed by atoms with Crippen LogP contribution in [0.4, 0.5) is 0 Å². The second-order valence-electron chi connectivity index (χ2n) is 3.74. The average molecular weight is 241 g/mol. The fourth-order valence-corrected chi connectivity index (χ4v) is 2.33. The number of rotatable bonds is 3. The van der Waals surface area contributed by atoms with E-state index in [4.69, 9.17) is 15.2 Å². The third-order valence-electron chi connectivity index (χ3n) is 2.55. The second-order valence-corrected chi connectivity index (χ2v) is 4.72. The molecule has 2 heterocycles. The summed E-state index contributed by atoms with van der Waals surface area (Å²) in [6.07, 6.45) is 1.50. The van der Waals surface area contributed by atoms with E-state index in [1.165, 1.54) is 11.3 Å². The van der Waals surface area contributed by atoms with Crippen LogP contribution in [0.3, 0.4) is 0 Å². The van der Waals surface area contributed by atoms with Gasteiger partial charge in [0.05, 0.1) is 13.2 Å². The predicted molar refractivity (Wildman–Crippen MR) is 61.2 cm³/mol. The summed E-state index contributed by atoms with van der Waals surface area (Å²) >= 11 is 1.47. The third kappa shape index (κ3) is 2.81. The quantitative estimate of drug-likeness (QED) is 0.814. The van der Waals surface area contributed by atoms with Gasteiger partial charge in [0.1, 0.15) is 12.1 Å². The summed E-state index contributed by atoms with van der Waals surface area (Å²) in [6, 6.07) is 3.07. The lowest BCUT2D eigenvalue weighted by Gasteiger charge is -2.23. The van der Waals surface area contributed by atoms with Crippen LogP contribution in [0, 0.1) is 0 Å². The van der Waals surface area contributed by atoms with Crippen molar-refractivity contribution < 1.29 is 14.3 Å². The van der Waals surface area contributed by atoms with Gasteiger partial charge in [-0.25, -0.2) is 4.79 Å². The summed E-state index contributed by atoms with van der Waals surface area (Å²) in [5.74, 6) is -0.339. The third-order valence-corrected chi connectivity index (χ3v) is 3.51. The largest absolute Gasteiger partial charge is 0.461 e. The number of hydrogen-bond donors (Lipinski definition) is 1. The fraction of sp³-hybridized carbons (Fsp3) is 0.545. The first-order valence-electron chi connectivity index (χ1n) is 5.34. The maximum Gasteiger partial charge on any atom is 0.328 e. The molecule has 2 rings (SSSR count). The molecule has 0 aliphatic carbocycles. The molecule has 88 valence electrons. The van der Waals surface area contributed by atoms with Crippen LogP contribution in [0.25, 0.3) is 0 Å². The van der Waals surface area contributed by atoms with Crippen molar-refractivity contribution in [3.8, 4) is 0 Å². The zero-order valence-corrected chi connectivity index (χ0v) is 9.74. The average Bonchev–Trinajstić information content (AvgIpc) is 2.83. The Kier molecular flexibility index (Phi) is 3.93. The van der Waals surface area contributed by atoms with E-state index in [1.54, 1.807) is 0 Å². The molecule has 0 radical (unpaired) electrons. The number of thiophene rings is 1. The van der Waals surface area contributed by atoms with Crippen molar-refractivity contribution in [3.63, 3.8) is 0 Å². The zero-order valence-electron chi connectivity index (χ0n) is 8.93. The second kappa shape index (κ2) is 5.43. The molecule has 4 nitrogen and oxygen atoms in total. The number of carbonyl (C=O) groups is 1. The number of esters is 1. The molecule has 1 atom stereocenters. The van der Waals surface area contributed by atoms with Gasteiger partial charge in [0.2, 0.25) is 0 Å². The first kappa shape index (κ1) is 11.6. The highest BCUT2D eigenvalue weighted by molar-refractivity contribution is 7.10. The van der Waals surface area contributed by atoms with Gasteiger partial charge in [-0.1, -0.05) is 6.07 Å². The molecular weight excluding hydrogens is 226 g/mol. The van der Waals surface area contributed by atoms with Crippen molar-refractivity contribution in [2.24, 2.45) is 5.73 Å². The number of nitrogens with two attached hydrogens (primary N) is 1. The summed E-state index contributed by atoms with van der Waals surface area (Å²) in [5.41, 5.74) is 5.80. The number of carbonyl (C=O) groups excluding carboxylic acids is 1. The normalized spacial score (nSPS) is 19.3. The Morgan fingerprint density at radius 3 is 2.94 bits per heavy atom. The van der Waals surface area contributed by atoms with Gasteiger partial charge in [-0.2, -0.15) is 0 Å². The highest BCUT2D eigenvalue weighted by Crippen LogP contribution is 2.20. The molecule has 1 aromatic heterocycles. The van der Waals surface area contributed by atoms with E-state index in [2.05, 4.69) is 0 Å². The van der Waals surface area contributed by atoms with Crippen molar-refractivity contribution in [2.45, 2.75) is 25.0 Å². The molecule has 0 spiro atoms. The minimum atomic E-state index is -0.650. The van der Waals surface area contributed by atoms with E-state index < -0.39 is 6.04 Å². The monoisotopic (exact) mass is 241 g/mol. The molecule has 0 aromatic carbocycles. The summed E-state index contributed by atoms with van der Waals surface area (Å²) in [7, 11) is 0. The van der Waals surface area contributed by atoms with E-state index in [9.17, 15) is 4.79 Å². The summed E-state index contributed by atoms with van der Waals surface area (Å²) in [5, 5.41) is 1.90. The first-order valence-corrected chi connectivity index (χ1v) is 6.22. The van der Waals surface area contributed by atoms with Crippen molar-refractivity contribution in [2.75, 3.05) is 13.2 Å². The van der Waals surface area contributed by atoms with Crippen molar-refractivity contribution in [3.05, 3.63) is 22.4 Å².